The predicted octanol–water partition coefficient (Wildman–Crippen LogP) is -1.93. The minimum absolute atomic E-state index is 0.734. The lowest BCUT2D eigenvalue weighted by molar-refractivity contribution is 0.240. The lowest BCUT2D eigenvalue weighted by Crippen LogP contribution is -2.53. The lowest BCUT2D eigenvalue weighted by atomic mass is 9.90. The molecule has 82 valence electrons. The van der Waals surface area contributed by atoms with Crippen molar-refractivity contribution in [3.05, 3.63) is 0 Å². The molecule has 0 radical (unpaired) electrons. The molecule has 2 fully saturated rings. The van der Waals surface area contributed by atoms with Gasteiger partial charge in [-0.05, 0) is 11.8 Å². The number of rotatable bonds is 1. The van der Waals surface area contributed by atoms with Gasteiger partial charge < -0.3 is 21.3 Å². The first kappa shape index (κ1) is 10.3. The summed E-state index contributed by atoms with van der Waals surface area (Å²) in [6, 6.07) is 0. The third-order valence-electron chi connectivity index (χ3n) is 3.04. The second kappa shape index (κ2) is 5.63. The SMILES string of the molecule is C1NCNCC(C2CNCNC2)CN1. The summed E-state index contributed by atoms with van der Waals surface area (Å²) in [5.74, 6) is 1.49. The van der Waals surface area contributed by atoms with Crippen molar-refractivity contribution in [3.63, 3.8) is 0 Å². The monoisotopic (exact) mass is 199 g/mol. The van der Waals surface area contributed by atoms with Crippen molar-refractivity contribution < 1.29 is 0 Å². The molecule has 0 amide bonds. The second-order valence-corrected chi connectivity index (χ2v) is 4.12. The van der Waals surface area contributed by atoms with Gasteiger partial charge in [0, 0.05) is 46.2 Å². The van der Waals surface area contributed by atoms with E-state index in [-0.39, 0.29) is 0 Å². The van der Waals surface area contributed by atoms with Crippen molar-refractivity contribution in [3.8, 4) is 0 Å². The van der Waals surface area contributed by atoms with E-state index in [0.29, 0.717) is 0 Å². The van der Waals surface area contributed by atoms with Crippen molar-refractivity contribution in [2.75, 3.05) is 46.2 Å². The van der Waals surface area contributed by atoms with Gasteiger partial charge >= 0.3 is 0 Å². The Bertz CT molecular complexity index is 149. The Kier molecular flexibility index (Phi) is 4.15. The molecule has 0 aromatic rings. The van der Waals surface area contributed by atoms with Crippen LogP contribution >= 0.6 is 0 Å². The van der Waals surface area contributed by atoms with Gasteiger partial charge in [0.1, 0.15) is 0 Å². The third-order valence-corrected chi connectivity index (χ3v) is 3.04. The van der Waals surface area contributed by atoms with Gasteiger partial charge in [0.25, 0.3) is 0 Å². The Labute approximate surface area is 85.4 Å². The zero-order chi connectivity index (χ0) is 9.64. The molecule has 14 heavy (non-hydrogen) atoms. The first-order valence-corrected chi connectivity index (χ1v) is 5.50. The Balaban J connectivity index is 1.80. The highest BCUT2D eigenvalue weighted by molar-refractivity contribution is 4.80. The first-order valence-electron chi connectivity index (χ1n) is 5.50. The summed E-state index contributed by atoms with van der Waals surface area (Å²) in [4.78, 5) is 0. The van der Waals surface area contributed by atoms with Gasteiger partial charge in [0.15, 0.2) is 0 Å². The molecule has 5 heteroatoms. The topological polar surface area (TPSA) is 60.1 Å². The summed E-state index contributed by atoms with van der Waals surface area (Å²) in [6.07, 6.45) is 0. The van der Waals surface area contributed by atoms with Crippen LogP contribution in [0.15, 0.2) is 0 Å². The van der Waals surface area contributed by atoms with Gasteiger partial charge in [-0.15, -0.1) is 0 Å². The summed E-state index contributed by atoms with van der Waals surface area (Å²) < 4.78 is 0. The van der Waals surface area contributed by atoms with Crippen LogP contribution in [0.1, 0.15) is 0 Å². The van der Waals surface area contributed by atoms with Gasteiger partial charge in [0.2, 0.25) is 0 Å². The summed E-state index contributed by atoms with van der Waals surface area (Å²) in [5, 5.41) is 16.9. The van der Waals surface area contributed by atoms with E-state index in [1.54, 1.807) is 0 Å². The zero-order valence-electron chi connectivity index (χ0n) is 8.60. The predicted molar refractivity (Wildman–Crippen MR) is 56.7 cm³/mol. The fraction of sp³-hybridized carbons (Fsp3) is 1.00. The summed E-state index contributed by atoms with van der Waals surface area (Å²) in [7, 11) is 0. The Morgan fingerprint density at radius 2 is 0.857 bits per heavy atom. The average molecular weight is 199 g/mol. The Hall–Kier alpha value is -0.200. The van der Waals surface area contributed by atoms with Gasteiger partial charge in [-0.1, -0.05) is 0 Å². The highest BCUT2D eigenvalue weighted by Crippen LogP contribution is 2.11. The van der Waals surface area contributed by atoms with E-state index in [1.165, 1.54) is 0 Å². The number of hydrogen-bond acceptors (Lipinski definition) is 5. The molecule has 0 unspecified atom stereocenters. The van der Waals surface area contributed by atoms with E-state index in [0.717, 1.165) is 58.0 Å². The quantitative estimate of drug-likeness (QED) is 0.340. The van der Waals surface area contributed by atoms with Crippen LogP contribution < -0.4 is 26.6 Å². The van der Waals surface area contributed by atoms with Crippen molar-refractivity contribution in [2.45, 2.75) is 0 Å². The molecule has 2 heterocycles. The molecular formula is C9H21N5. The first-order chi connectivity index (χ1) is 6.97. The van der Waals surface area contributed by atoms with Crippen LogP contribution in [0.5, 0.6) is 0 Å². The number of hydrogen-bond donors (Lipinski definition) is 5. The molecule has 5 N–H and O–H groups in total. The molecule has 0 aromatic heterocycles. The fourth-order valence-corrected chi connectivity index (χ4v) is 2.17. The van der Waals surface area contributed by atoms with Crippen LogP contribution in [0.2, 0.25) is 0 Å². The summed E-state index contributed by atoms with van der Waals surface area (Å²) in [6.45, 7) is 7.30. The van der Waals surface area contributed by atoms with E-state index in [1.807, 2.05) is 0 Å². The molecular weight excluding hydrogens is 178 g/mol. The molecule has 2 saturated heterocycles. The fourth-order valence-electron chi connectivity index (χ4n) is 2.17. The normalized spacial score (nSPS) is 28.3. The van der Waals surface area contributed by atoms with Crippen LogP contribution in [0.4, 0.5) is 0 Å². The molecule has 2 rings (SSSR count). The van der Waals surface area contributed by atoms with Crippen molar-refractivity contribution in [1.29, 1.82) is 0 Å². The van der Waals surface area contributed by atoms with Crippen molar-refractivity contribution in [1.82, 2.24) is 26.6 Å². The van der Waals surface area contributed by atoms with Gasteiger partial charge in [-0.2, -0.15) is 0 Å². The lowest BCUT2D eigenvalue weighted by Gasteiger charge is -2.33. The summed E-state index contributed by atoms with van der Waals surface area (Å²) in [5.41, 5.74) is 0. The maximum Gasteiger partial charge on any atom is 0.0464 e. The maximum atomic E-state index is 3.43. The average Bonchev–Trinajstić information content (AvgIpc) is 2.18. The van der Waals surface area contributed by atoms with Crippen LogP contribution in [0.3, 0.4) is 0 Å². The van der Waals surface area contributed by atoms with Crippen molar-refractivity contribution in [2.24, 2.45) is 11.8 Å². The highest BCUT2D eigenvalue weighted by atomic mass is 15.2. The molecule has 5 nitrogen and oxygen atoms in total. The Morgan fingerprint density at radius 3 is 1.29 bits per heavy atom. The van der Waals surface area contributed by atoms with Crippen LogP contribution in [-0.2, 0) is 0 Å². The zero-order valence-corrected chi connectivity index (χ0v) is 8.60. The molecule has 2 aliphatic rings. The molecule has 0 saturated carbocycles. The van der Waals surface area contributed by atoms with E-state index < -0.39 is 0 Å². The van der Waals surface area contributed by atoms with E-state index >= 15 is 0 Å². The Morgan fingerprint density at radius 1 is 0.500 bits per heavy atom. The van der Waals surface area contributed by atoms with Gasteiger partial charge in [-0.3, -0.25) is 5.32 Å². The molecule has 0 spiro atoms. The molecule has 0 aliphatic carbocycles. The minimum atomic E-state index is 0.734. The van der Waals surface area contributed by atoms with E-state index in [9.17, 15) is 0 Å². The third kappa shape index (κ3) is 2.90. The van der Waals surface area contributed by atoms with Crippen LogP contribution in [0, 0.1) is 11.8 Å². The van der Waals surface area contributed by atoms with Crippen LogP contribution in [0.25, 0.3) is 0 Å². The highest BCUT2D eigenvalue weighted by Gasteiger charge is 2.23. The van der Waals surface area contributed by atoms with Gasteiger partial charge in [0.05, 0.1) is 0 Å². The number of nitrogens with one attached hydrogen (secondary N) is 5. The standard InChI is InChI=1S/C9H21N5/c1-8(2-11-5-10-1)9-3-12-6-14-7-13-4-9/h8-14H,1-7H2. The van der Waals surface area contributed by atoms with Crippen LogP contribution in [-0.4, -0.2) is 46.2 Å². The summed E-state index contributed by atoms with van der Waals surface area (Å²) >= 11 is 0. The van der Waals surface area contributed by atoms with E-state index in [2.05, 4.69) is 26.6 Å². The molecule has 0 aromatic carbocycles. The minimum Gasteiger partial charge on any atom is -0.304 e. The molecule has 2 aliphatic heterocycles. The maximum absolute atomic E-state index is 3.43. The van der Waals surface area contributed by atoms with E-state index in [4.69, 9.17) is 0 Å². The largest absolute Gasteiger partial charge is 0.304 e. The van der Waals surface area contributed by atoms with Gasteiger partial charge in [-0.25, -0.2) is 0 Å². The van der Waals surface area contributed by atoms with Crippen molar-refractivity contribution >= 4 is 0 Å². The molecule has 0 atom stereocenters. The second-order valence-electron chi connectivity index (χ2n) is 4.12. The smallest absolute Gasteiger partial charge is 0.0464 e. The molecule has 0 bridgehead atoms.